The molecule has 0 radical (unpaired) electrons. The highest BCUT2D eigenvalue weighted by atomic mass is 16.5. The number of carbonyl (C=O) groups is 2. The van der Waals surface area contributed by atoms with Crippen molar-refractivity contribution in [2.75, 3.05) is 48.0 Å². The fourth-order valence-electron chi connectivity index (χ4n) is 3.89. The fourth-order valence-corrected chi connectivity index (χ4v) is 3.89. The number of likely N-dealkylation sites (N-methyl/N-ethyl adjacent to an activating group) is 1. The van der Waals surface area contributed by atoms with Crippen molar-refractivity contribution in [2.45, 2.75) is 19.4 Å². The Labute approximate surface area is 200 Å². The molecule has 0 spiro atoms. The molecule has 1 unspecified atom stereocenters. The zero-order valence-corrected chi connectivity index (χ0v) is 20.3. The largest absolute Gasteiger partial charge is 0.872 e. The first kappa shape index (κ1) is 25.1. The molecule has 2 aromatic rings. The predicted molar refractivity (Wildman–Crippen MR) is 126 cm³/mol. The molecule has 1 aliphatic heterocycles. The molecule has 34 heavy (non-hydrogen) atoms. The number of hydrogen-bond acceptors (Lipinski definition) is 6. The Kier molecular flexibility index (Phi) is 8.17. The molecule has 1 amide bonds. The van der Waals surface area contributed by atoms with Gasteiger partial charge in [-0.05, 0) is 41.8 Å². The Hall–Kier alpha value is -3.52. The number of Topliss-reactive ketones (excluding diaryl/α,β-unsaturated/α-hetero) is 1. The lowest BCUT2D eigenvalue weighted by molar-refractivity contribution is -0.857. The second kappa shape index (κ2) is 11.1. The van der Waals surface area contributed by atoms with E-state index >= 15 is 0 Å². The summed E-state index contributed by atoms with van der Waals surface area (Å²) < 4.78 is 16.3. The number of benzene rings is 2. The lowest BCUT2D eigenvalue weighted by Gasteiger charge is -2.28. The van der Waals surface area contributed by atoms with Crippen molar-refractivity contribution in [1.82, 2.24) is 4.90 Å². The van der Waals surface area contributed by atoms with Gasteiger partial charge in [0.05, 0.1) is 54.1 Å². The van der Waals surface area contributed by atoms with Crippen LogP contribution in [0.4, 0.5) is 0 Å². The van der Waals surface area contributed by atoms with E-state index in [-0.39, 0.29) is 5.57 Å². The molecule has 1 fully saturated rings. The van der Waals surface area contributed by atoms with Crippen molar-refractivity contribution in [2.24, 2.45) is 0 Å². The average molecular weight is 469 g/mol. The highest BCUT2D eigenvalue weighted by Crippen LogP contribution is 2.41. The summed E-state index contributed by atoms with van der Waals surface area (Å²) in [5.74, 6) is -0.308. The first-order valence-corrected chi connectivity index (χ1v) is 11.3. The van der Waals surface area contributed by atoms with Crippen LogP contribution < -0.4 is 24.2 Å². The topological polar surface area (TPSA) is 92.6 Å². The molecule has 0 aromatic heterocycles. The van der Waals surface area contributed by atoms with Gasteiger partial charge in [-0.15, -0.1) is 0 Å². The molecule has 1 N–H and O–H groups in total. The standard InChI is InChI=1S/C26H32N2O6/c1-6-15-34-19-10-7-17(8-11-19)24(29)22-23(18-9-12-20(32-4)21(16-18)33-5)28(14-13-27(2)3)26(31)25(22)30/h7-12,16,23,29H,6,13-15H2,1-5H3/b24-22+. The van der Waals surface area contributed by atoms with Gasteiger partial charge in [0, 0.05) is 5.57 Å². The molecular weight excluding hydrogens is 436 g/mol. The number of carbonyl (C=O) groups excluding carboxylic acids is 2. The molecule has 8 nitrogen and oxygen atoms in total. The van der Waals surface area contributed by atoms with Gasteiger partial charge in [0.15, 0.2) is 11.5 Å². The number of hydrogen-bond donors (Lipinski definition) is 1. The Morgan fingerprint density at radius 1 is 1.03 bits per heavy atom. The number of ether oxygens (including phenoxy) is 3. The molecule has 182 valence electrons. The minimum absolute atomic E-state index is 0.0618. The van der Waals surface area contributed by atoms with Gasteiger partial charge >= 0.3 is 0 Å². The van der Waals surface area contributed by atoms with E-state index in [1.807, 2.05) is 21.0 Å². The molecule has 2 aromatic carbocycles. The van der Waals surface area contributed by atoms with E-state index in [9.17, 15) is 14.7 Å². The lowest BCUT2D eigenvalue weighted by atomic mass is 9.95. The second-order valence-corrected chi connectivity index (χ2v) is 8.42. The number of quaternary nitrogens is 1. The van der Waals surface area contributed by atoms with Gasteiger partial charge in [0.1, 0.15) is 5.75 Å². The van der Waals surface area contributed by atoms with Crippen LogP contribution in [0, 0.1) is 0 Å². The summed E-state index contributed by atoms with van der Waals surface area (Å²) in [6.45, 7) is 3.52. The van der Waals surface area contributed by atoms with Crippen LogP contribution in [0.25, 0.3) is 5.76 Å². The predicted octanol–water partition coefficient (Wildman–Crippen LogP) is 0.861. The third-order valence-corrected chi connectivity index (χ3v) is 5.69. The van der Waals surface area contributed by atoms with Crippen LogP contribution in [0.5, 0.6) is 17.2 Å². The maximum atomic E-state index is 13.5. The first-order valence-electron chi connectivity index (χ1n) is 11.3. The number of likely N-dealkylation sites (tertiary alicyclic amines) is 1. The molecule has 1 atom stereocenters. The summed E-state index contributed by atoms with van der Waals surface area (Å²) in [7, 11) is 6.97. The summed E-state index contributed by atoms with van der Waals surface area (Å²) in [6.07, 6.45) is 0.868. The number of nitrogens with zero attached hydrogens (tertiary/aromatic N) is 1. The quantitative estimate of drug-likeness (QED) is 0.316. The second-order valence-electron chi connectivity index (χ2n) is 8.42. The Bertz CT molecular complexity index is 1060. The van der Waals surface area contributed by atoms with Crippen molar-refractivity contribution in [3.05, 3.63) is 59.2 Å². The summed E-state index contributed by atoms with van der Waals surface area (Å²) in [4.78, 5) is 28.7. The van der Waals surface area contributed by atoms with Crippen LogP contribution >= 0.6 is 0 Å². The number of amides is 1. The monoisotopic (exact) mass is 468 g/mol. The van der Waals surface area contributed by atoms with Crippen LogP contribution in [-0.2, 0) is 9.59 Å². The number of rotatable bonds is 10. The van der Waals surface area contributed by atoms with Crippen LogP contribution in [0.3, 0.4) is 0 Å². The van der Waals surface area contributed by atoms with Gasteiger partial charge in [-0.25, -0.2) is 0 Å². The summed E-state index contributed by atoms with van der Waals surface area (Å²) in [5.41, 5.74) is 0.871. The van der Waals surface area contributed by atoms with Gasteiger partial charge in [0.25, 0.3) is 5.91 Å². The van der Waals surface area contributed by atoms with E-state index in [0.29, 0.717) is 48.1 Å². The molecule has 0 bridgehead atoms. The molecule has 1 saturated heterocycles. The smallest absolute Gasteiger partial charge is 0.295 e. The minimum Gasteiger partial charge on any atom is -0.872 e. The van der Waals surface area contributed by atoms with Crippen LogP contribution in [0.2, 0.25) is 0 Å². The number of ketones is 1. The molecule has 1 heterocycles. The van der Waals surface area contributed by atoms with Crippen molar-refractivity contribution in [3.8, 4) is 17.2 Å². The van der Waals surface area contributed by atoms with Gasteiger partial charge in [-0.3, -0.25) is 9.59 Å². The molecule has 0 saturated carbocycles. The van der Waals surface area contributed by atoms with Crippen LogP contribution in [0.1, 0.15) is 30.5 Å². The van der Waals surface area contributed by atoms with Crippen molar-refractivity contribution in [3.63, 3.8) is 0 Å². The van der Waals surface area contributed by atoms with Crippen molar-refractivity contribution < 1.29 is 33.8 Å². The highest BCUT2D eigenvalue weighted by molar-refractivity contribution is 6.46. The van der Waals surface area contributed by atoms with E-state index in [4.69, 9.17) is 14.2 Å². The lowest BCUT2D eigenvalue weighted by Crippen LogP contribution is -3.06. The zero-order valence-electron chi connectivity index (χ0n) is 20.3. The summed E-state index contributed by atoms with van der Waals surface area (Å²) >= 11 is 0. The Balaban J connectivity index is 2.10. The maximum absolute atomic E-state index is 13.5. The third-order valence-electron chi connectivity index (χ3n) is 5.69. The Morgan fingerprint density at radius 2 is 1.71 bits per heavy atom. The molecule has 8 heteroatoms. The molecule has 3 rings (SSSR count). The van der Waals surface area contributed by atoms with E-state index in [2.05, 4.69) is 0 Å². The minimum atomic E-state index is -0.817. The van der Waals surface area contributed by atoms with E-state index in [0.717, 1.165) is 11.3 Å². The van der Waals surface area contributed by atoms with E-state index < -0.39 is 23.5 Å². The SMILES string of the molecule is CCCOc1ccc(/C([O-])=C2\C(=O)C(=O)N(CC[NH+](C)C)C2c2ccc(OC)c(OC)c2)cc1. The third kappa shape index (κ3) is 5.17. The van der Waals surface area contributed by atoms with Gasteiger partial charge in [-0.2, -0.15) is 0 Å². The first-order chi connectivity index (χ1) is 16.3. The molecule has 1 aliphatic rings. The highest BCUT2D eigenvalue weighted by Gasteiger charge is 2.44. The van der Waals surface area contributed by atoms with Crippen LogP contribution in [-0.4, -0.2) is 64.6 Å². The normalized spacial score (nSPS) is 17.4. The number of nitrogens with one attached hydrogen (secondary N) is 1. The Morgan fingerprint density at radius 3 is 2.29 bits per heavy atom. The van der Waals surface area contributed by atoms with Gasteiger partial charge in [0.2, 0.25) is 5.78 Å². The van der Waals surface area contributed by atoms with Gasteiger partial charge in [-0.1, -0.05) is 30.9 Å². The maximum Gasteiger partial charge on any atom is 0.295 e. The van der Waals surface area contributed by atoms with Gasteiger partial charge < -0.3 is 29.1 Å². The molecular formula is C26H32N2O6. The van der Waals surface area contributed by atoms with Crippen LogP contribution in [0.15, 0.2) is 48.0 Å². The average Bonchev–Trinajstić information content (AvgIpc) is 3.10. The molecule has 0 aliphatic carbocycles. The zero-order chi connectivity index (χ0) is 24.8. The van der Waals surface area contributed by atoms with Crippen molar-refractivity contribution in [1.29, 1.82) is 0 Å². The van der Waals surface area contributed by atoms with Crippen molar-refractivity contribution >= 4 is 17.4 Å². The summed E-state index contributed by atoms with van der Waals surface area (Å²) in [5, 5.41) is 13.5. The fraction of sp³-hybridized carbons (Fsp3) is 0.385. The van der Waals surface area contributed by atoms with E-state index in [1.54, 1.807) is 42.5 Å². The number of methoxy groups -OCH3 is 2. The summed E-state index contributed by atoms with van der Waals surface area (Å²) in [6, 6.07) is 11.0. The van der Waals surface area contributed by atoms with E-state index in [1.165, 1.54) is 19.1 Å².